The fourth-order valence-electron chi connectivity index (χ4n) is 1.65. The standard InChI is InChI=1S/C10H14N4O3S/c1-6-9(7(2)17-14-6)4-5-18(15,16)10-11-8(3)12-13-10/h4-5H2,1-3H3,(H,11,12,13). The lowest BCUT2D eigenvalue weighted by Gasteiger charge is -1.99. The summed E-state index contributed by atoms with van der Waals surface area (Å²) < 4.78 is 28.9. The molecule has 0 fully saturated rings. The van der Waals surface area contributed by atoms with Crippen LogP contribution in [0.5, 0.6) is 0 Å². The molecule has 0 aliphatic rings. The Hall–Kier alpha value is -1.70. The topological polar surface area (TPSA) is 102 Å². The fourth-order valence-corrected chi connectivity index (χ4v) is 2.76. The molecule has 0 spiro atoms. The highest BCUT2D eigenvalue weighted by molar-refractivity contribution is 7.91. The van der Waals surface area contributed by atoms with E-state index < -0.39 is 9.84 Å². The first-order valence-corrected chi connectivity index (χ1v) is 7.09. The molecule has 2 aromatic rings. The Morgan fingerprint density at radius 3 is 2.50 bits per heavy atom. The van der Waals surface area contributed by atoms with Gasteiger partial charge in [-0.3, -0.25) is 5.10 Å². The highest BCUT2D eigenvalue weighted by Gasteiger charge is 2.21. The smallest absolute Gasteiger partial charge is 0.266 e. The van der Waals surface area contributed by atoms with E-state index >= 15 is 0 Å². The van der Waals surface area contributed by atoms with Gasteiger partial charge in [0, 0.05) is 5.56 Å². The summed E-state index contributed by atoms with van der Waals surface area (Å²) in [4.78, 5) is 3.83. The molecule has 98 valence electrons. The summed E-state index contributed by atoms with van der Waals surface area (Å²) in [5.74, 6) is 1.06. The molecule has 1 N–H and O–H groups in total. The van der Waals surface area contributed by atoms with Gasteiger partial charge in [0.05, 0.1) is 11.4 Å². The number of H-pyrrole nitrogens is 1. The Balaban J connectivity index is 2.15. The van der Waals surface area contributed by atoms with Crippen LogP contribution in [0.1, 0.15) is 22.8 Å². The maximum Gasteiger partial charge on any atom is 0.266 e. The third-order valence-corrected chi connectivity index (χ3v) is 4.14. The van der Waals surface area contributed by atoms with Crippen molar-refractivity contribution < 1.29 is 12.9 Å². The third kappa shape index (κ3) is 2.42. The molecule has 2 aromatic heterocycles. The Bertz CT molecular complexity index is 637. The van der Waals surface area contributed by atoms with Gasteiger partial charge >= 0.3 is 0 Å². The van der Waals surface area contributed by atoms with Crippen LogP contribution in [0.3, 0.4) is 0 Å². The van der Waals surface area contributed by atoms with Crippen molar-refractivity contribution in [3.8, 4) is 0 Å². The van der Waals surface area contributed by atoms with E-state index in [9.17, 15) is 8.42 Å². The summed E-state index contributed by atoms with van der Waals surface area (Å²) in [6.07, 6.45) is 0.344. The molecule has 0 radical (unpaired) electrons. The van der Waals surface area contributed by atoms with Crippen LogP contribution < -0.4 is 0 Å². The quantitative estimate of drug-likeness (QED) is 0.878. The van der Waals surface area contributed by atoms with E-state index in [-0.39, 0.29) is 10.9 Å². The molecule has 8 heteroatoms. The van der Waals surface area contributed by atoms with Gasteiger partial charge in [0.15, 0.2) is 0 Å². The van der Waals surface area contributed by atoms with Gasteiger partial charge in [0.25, 0.3) is 5.16 Å². The van der Waals surface area contributed by atoms with Gasteiger partial charge in [0.1, 0.15) is 11.6 Å². The molecule has 0 bridgehead atoms. The van der Waals surface area contributed by atoms with Crippen LogP contribution >= 0.6 is 0 Å². The number of aryl methyl sites for hydroxylation is 3. The third-order valence-electron chi connectivity index (χ3n) is 2.66. The van der Waals surface area contributed by atoms with Crippen LogP contribution in [0.25, 0.3) is 0 Å². The first kappa shape index (κ1) is 12.7. The van der Waals surface area contributed by atoms with Gasteiger partial charge in [-0.25, -0.2) is 13.4 Å². The van der Waals surface area contributed by atoms with Crippen LogP contribution in [0, 0.1) is 20.8 Å². The lowest BCUT2D eigenvalue weighted by atomic mass is 10.1. The molecule has 18 heavy (non-hydrogen) atoms. The van der Waals surface area contributed by atoms with Crippen molar-refractivity contribution >= 4 is 9.84 Å². The minimum Gasteiger partial charge on any atom is -0.361 e. The summed E-state index contributed by atoms with van der Waals surface area (Å²) in [6.45, 7) is 5.20. The largest absolute Gasteiger partial charge is 0.361 e. The first-order valence-electron chi connectivity index (χ1n) is 5.43. The van der Waals surface area contributed by atoms with Crippen molar-refractivity contribution in [1.82, 2.24) is 20.3 Å². The van der Waals surface area contributed by atoms with E-state index in [1.54, 1.807) is 20.8 Å². The van der Waals surface area contributed by atoms with Crippen molar-refractivity contribution in [1.29, 1.82) is 0 Å². The second-order valence-corrected chi connectivity index (χ2v) is 6.08. The monoisotopic (exact) mass is 270 g/mol. The summed E-state index contributed by atoms with van der Waals surface area (Å²) in [7, 11) is -3.47. The first-order chi connectivity index (χ1) is 8.40. The van der Waals surface area contributed by atoms with Gasteiger partial charge in [0.2, 0.25) is 9.84 Å². The van der Waals surface area contributed by atoms with Crippen LogP contribution in [0.15, 0.2) is 9.68 Å². The normalized spacial score (nSPS) is 11.9. The molecule has 0 atom stereocenters. The van der Waals surface area contributed by atoms with Crippen LogP contribution in [-0.2, 0) is 16.3 Å². The predicted octanol–water partition coefficient (Wildman–Crippen LogP) is 0.734. The van der Waals surface area contributed by atoms with E-state index in [2.05, 4.69) is 20.3 Å². The van der Waals surface area contributed by atoms with Crippen molar-refractivity contribution in [3.05, 3.63) is 22.8 Å². The molecule has 0 aliphatic heterocycles. The maximum absolute atomic E-state index is 12.0. The second kappa shape index (κ2) is 4.52. The zero-order valence-corrected chi connectivity index (χ0v) is 11.2. The van der Waals surface area contributed by atoms with Crippen LogP contribution in [-0.4, -0.2) is 34.5 Å². The van der Waals surface area contributed by atoms with Gasteiger partial charge in [-0.05, 0) is 27.2 Å². The Kier molecular flexibility index (Phi) is 3.20. The zero-order chi connectivity index (χ0) is 13.3. The average Bonchev–Trinajstić information content (AvgIpc) is 2.85. The minimum atomic E-state index is -3.47. The predicted molar refractivity (Wildman–Crippen MR) is 62.9 cm³/mol. The van der Waals surface area contributed by atoms with E-state index in [0.29, 0.717) is 23.7 Å². The number of aromatic nitrogens is 4. The van der Waals surface area contributed by atoms with Crippen molar-refractivity contribution in [3.63, 3.8) is 0 Å². The molecular weight excluding hydrogens is 256 g/mol. The van der Waals surface area contributed by atoms with Gasteiger partial charge in [-0.15, -0.1) is 5.10 Å². The lowest BCUT2D eigenvalue weighted by Crippen LogP contribution is -2.11. The van der Waals surface area contributed by atoms with Gasteiger partial charge in [-0.2, -0.15) is 0 Å². The lowest BCUT2D eigenvalue weighted by molar-refractivity contribution is 0.392. The molecule has 7 nitrogen and oxygen atoms in total. The van der Waals surface area contributed by atoms with Crippen molar-refractivity contribution in [2.45, 2.75) is 32.3 Å². The summed E-state index contributed by atoms with van der Waals surface area (Å²) in [5.41, 5.74) is 1.54. The van der Waals surface area contributed by atoms with Crippen molar-refractivity contribution in [2.75, 3.05) is 5.75 Å². The molecule has 0 aliphatic carbocycles. The van der Waals surface area contributed by atoms with E-state index in [0.717, 1.165) is 5.56 Å². The number of nitrogens with one attached hydrogen (secondary N) is 1. The minimum absolute atomic E-state index is 0.0623. The molecule has 0 saturated carbocycles. The molecule has 0 aromatic carbocycles. The average molecular weight is 270 g/mol. The Morgan fingerprint density at radius 2 is 2.00 bits per heavy atom. The van der Waals surface area contributed by atoms with Crippen LogP contribution in [0.2, 0.25) is 0 Å². The van der Waals surface area contributed by atoms with E-state index in [4.69, 9.17) is 4.52 Å². The Morgan fingerprint density at radius 1 is 1.28 bits per heavy atom. The van der Waals surface area contributed by atoms with Gasteiger partial charge < -0.3 is 4.52 Å². The number of rotatable bonds is 4. The Labute approximate surface area is 105 Å². The fraction of sp³-hybridized carbons (Fsp3) is 0.500. The maximum atomic E-state index is 12.0. The van der Waals surface area contributed by atoms with E-state index in [1.165, 1.54) is 0 Å². The zero-order valence-electron chi connectivity index (χ0n) is 10.4. The number of hydrogen-bond acceptors (Lipinski definition) is 6. The van der Waals surface area contributed by atoms with E-state index in [1.807, 2.05) is 0 Å². The number of nitrogens with zero attached hydrogens (tertiary/aromatic N) is 3. The van der Waals surface area contributed by atoms with Crippen LogP contribution in [0.4, 0.5) is 0 Å². The SMILES string of the molecule is Cc1nc(S(=O)(=O)CCc2c(C)noc2C)n[nH]1. The van der Waals surface area contributed by atoms with Crippen molar-refractivity contribution in [2.24, 2.45) is 0 Å². The molecule has 2 rings (SSSR count). The van der Waals surface area contributed by atoms with Gasteiger partial charge in [-0.1, -0.05) is 5.16 Å². The molecule has 0 unspecified atom stereocenters. The summed E-state index contributed by atoms with van der Waals surface area (Å²) in [6, 6.07) is 0. The highest BCUT2D eigenvalue weighted by Crippen LogP contribution is 2.15. The number of sulfone groups is 1. The second-order valence-electron chi connectivity index (χ2n) is 4.07. The molecule has 0 amide bonds. The molecule has 2 heterocycles. The number of aromatic amines is 1. The molecule has 0 saturated heterocycles. The summed E-state index contributed by atoms with van der Waals surface area (Å²) >= 11 is 0. The summed E-state index contributed by atoms with van der Waals surface area (Å²) in [5, 5.41) is 9.81. The highest BCUT2D eigenvalue weighted by atomic mass is 32.2. The number of hydrogen-bond donors (Lipinski definition) is 1. The molecular formula is C10H14N4O3S.